The van der Waals surface area contributed by atoms with Crippen LogP contribution in [-0.4, -0.2) is 40.1 Å². The van der Waals surface area contributed by atoms with Crippen LogP contribution in [0.1, 0.15) is 30.3 Å². The summed E-state index contributed by atoms with van der Waals surface area (Å²) < 4.78 is 0. The van der Waals surface area contributed by atoms with Gasteiger partial charge in [0.15, 0.2) is 5.69 Å². The van der Waals surface area contributed by atoms with Gasteiger partial charge in [-0.2, -0.15) is 5.10 Å². The zero-order valence-corrected chi connectivity index (χ0v) is 11.7. The van der Waals surface area contributed by atoms with E-state index >= 15 is 0 Å². The van der Waals surface area contributed by atoms with Crippen LogP contribution in [0, 0.1) is 5.92 Å². The molecule has 5 nitrogen and oxygen atoms in total. The molecule has 0 aliphatic carbocycles. The quantitative estimate of drug-likeness (QED) is 0.874. The minimum atomic E-state index is 0.00750. The van der Waals surface area contributed by atoms with Crippen molar-refractivity contribution in [2.45, 2.75) is 25.8 Å². The highest BCUT2D eigenvalue weighted by Gasteiger charge is 2.30. The first kappa shape index (κ1) is 13.1. The Morgan fingerprint density at radius 3 is 3.05 bits per heavy atom. The van der Waals surface area contributed by atoms with E-state index in [2.05, 4.69) is 17.1 Å². The Morgan fingerprint density at radius 2 is 2.25 bits per heavy atom. The molecule has 1 aliphatic rings. The molecule has 1 aliphatic heterocycles. The largest absolute Gasteiger partial charge is 0.334 e. The Morgan fingerprint density at radius 1 is 1.45 bits per heavy atom. The van der Waals surface area contributed by atoms with Crippen LogP contribution in [0.2, 0.25) is 0 Å². The molecule has 0 radical (unpaired) electrons. The number of para-hydroxylation sites is 1. The Bertz CT molecular complexity index is 621. The number of hydrogen-bond donors (Lipinski definition) is 2. The van der Waals surface area contributed by atoms with Gasteiger partial charge in [-0.15, -0.1) is 0 Å². The van der Waals surface area contributed by atoms with E-state index in [4.69, 9.17) is 5.73 Å². The van der Waals surface area contributed by atoms with Crippen molar-refractivity contribution < 1.29 is 4.79 Å². The summed E-state index contributed by atoms with van der Waals surface area (Å²) in [6.45, 7) is 3.47. The highest BCUT2D eigenvalue weighted by molar-refractivity contribution is 6.04. The van der Waals surface area contributed by atoms with Crippen LogP contribution in [0.25, 0.3) is 10.9 Å². The maximum atomic E-state index is 12.7. The van der Waals surface area contributed by atoms with Gasteiger partial charge in [-0.3, -0.25) is 9.89 Å². The molecule has 2 aromatic rings. The van der Waals surface area contributed by atoms with Gasteiger partial charge in [0.05, 0.1) is 5.52 Å². The number of H-pyrrole nitrogens is 1. The second kappa shape index (κ2) is 5.25. The third kappa shape index (κ3) is 2.18. The van der Waals surface area contributed by atoms with Gasteiger partial charge in [0, 0.05) is 18.0 Å². The lowest BCUT2D eigenvalue weighted by molar-refractivity contribution is 0.0563. The molecule has 0 bridgehead atoms. The number of aromatic nitrogens is 2. The van der Waals surface area contributed by atoms with Gasteiger partial charge in [0.2, 0.25) is 0 Å². The standard InChI is InChI=1S/C15H20N4O/c1-10-6-7-11(8-16)9-19(10)15(20)14-12-4-2-3-5-13(12)17-18-14/h2-5,10-11H,6-9,16H2,1H3,(H,17,18). The Balaban J connectivity index is 1.91. The molecule has 1 fully saturated rings. The first-order valence-electron chi connectivity index (χ1n) is 7.15. The molecule has 1 aromatic heterocycles. The van der Waals surface area contributed by atoms with Crippen LogP contribution in [0.3, 0.4) is 0 Å². The van der Waals surface area contributed by atoms with Gasteiger partial charge in [0.25, 0.3) is 5.91 Å². The summed E-state index contributed by atoms with van der Waals surface area (Å²) in [5, 5.41) is 8.02. The number of carbonyl (C=O) groups is 1. The summed E-state index contributed by atoms with van der Waals surface area (Å²) >= 11 is 0. The molecule has 1 saturated heterocycles. The first-order chi connectivity index (χ1) is 9.70. The van der Waals surface area contributed by atoms with Crippen molar-refractivity contribution in [3.8, 4) is 0 Å². The number of rotatable bonds is 2. The van der Waals surface area contributed by atoms with Gasteiger partial charge in [-0.25, -0.2) is 0 Å². The number of hydrogen-bond acceptors (Lipinski definition) is 3. The minimum Gasteiger partial charge on any atom is -0.334 e. The van der Waals surface area contributed by atoms with Gasteiger partial charge < -0.3 is 10.6 Å². The maximum Gasteiger partial charge on any atom is 0.275 e. The monoisotopic (exact) mass is 272 g/mol. The third-order valence-corrected chi connectivity index (χ3v) is 4.25. The molecular formula is C15H20N4O. The molecule has 1 aromatic carbocycles. The van der Waals surface area contributed by atoms with E-state index in [0.29, 0.717) is 18.2 Å². The number of piperidine rings is 1. The summed E-state index contributed by atoms with van der Waals surface area (Å²) in [5.74, 6) is 0.411. The van der Waals surface area contributed by atoms with Crippen molar-refractivity contribution in [3.63, 3.8) is 0 Å². The molecule has 0 saturated carbocycles. The molecule has 20 heavy (non-hydrogen) atoms. The summed E-state index contributed by atoms with van der Waals surface area (Å²) in [7, 11) is 0. The lowest BCUT2D eigenvalue weighted by Crippen LogP contribution is -2.47. The molecule has 106 valence electrons. The molecule has 3 N–H and O–H groups in total. The number of nitrogens with two attached hydrogens (primary N) is 1. The SMILES string of the molecule is CC1CCC(CN)CN1C(=O)c1n[nH]c2ccccc12. The van der Waals surface area contributed by atoms with Crippen molar-refractivity contribution in [2.24, 2.45) is 11.7 Å². The fourth-order valence-corrected chi connectivity index (χ4v) is 2.92. The van der Waals surface area contributed by atoms with Crippen LogP contribution in [-0.2, 0) is 0 Å². The van der Waals surface area contributed by atoms with Crippen LogP contribution in [0.4, 0.5) is 0 Å². The smallest absolute Gasteiger partial charge is 0.275 e. The molecule has 3 rings (SSSR count). The minimum absolute atomic E-state index is 0.00750. The van der Waals surface area contributed by atoms with E-state index in [9.17, 15) is 4.79 Å². The number of fused-ring (bicyclic) bond motifs is 1. The van der Waals surface area contributed by atoms with E-state index in [1.54, 1.807) is 0 Å². The molecular weight excluding hydrogens is 252 g/mol. The molecule has 5 heteroatoms. The van der Waals surface area contributed by atoms with E-state index in [1.165, 1.54) is 0 Å². The summed E-state index contributed by atoms with van der Waals surface area (Å²) in [6.07, 6.45) is 2.11. The van der Waals surface area contributed by atoms with E-state index in [-0.39, 0.29) is 11.9 Å². The van der Waals surface area contributed by atoms with Crippen molar-refractivity contribution in [3.05, 3.63) is 30.0 Å². The molecule has 2 atom stereocenters. The second-order valence-corrected chi connectivity index (χ2v) is 5.60. The number of likely N-dealkylation sites (tertiary alicyclic amines) is 1. The summed E-state index contributed by atoms with van der Waals surface area (Å²) in [6, 6.07) is 7.98. The molecule has 2 unspecified atom stereocenters. The predicted octanol–water partition coefficient (Wildman–Crippen LogP) is 1.76. The number of carbonyl (C=O) groups excluding carboxylic acids is 1. The van der Waals surface area contributed by atoms with Crippen molar-refractivity contribution >= 4 is 16.8 Å². The van der Waals surface area contributed by atoms with Crippen molar-refractivity contribution in [2.75, 3.05) is 13.1 Å². The van der Waals surface area contributed by atoms with E-state index in [1.807, 2.05) is 29.2 Å². The van der Waals surface area contributed by atoms with E-state index < -0.39 is 0 Å². The highest BCUT2D eigenvalue weighted by Crippen LogP contribution is 2.24. The first-order valence-corrected chi connectivity index (χ1v) is 7.15. The molecule has 0 spiro atoms. The van der Waals surface area contributed by atoms with Crippen LogP contribution < -0.4 is 5.73 Å². The van der Waals surface area contributed by atoms with Crippen LogP contribution in [0.15, 0.2) is 24.3 Å². The fraction of sp³-hybridized carbons (Fsp3) is 0.467. The third-order valence-electron chi connectivity index (χ3n) is 4.25. The molecule has 1 amide bonds. The number of amides is 1. The Hall–Kier alpha value is -1.88. The van der Waals surface area contributed by atoms with Crippen LogP contribution in [0.5, 0.6) is 0 Å². The summed E-state index contributed by atoms with van der Waals surface area (Å²) in [5.41, 5.74) is 7.18. The predicted molar refractivity (Wildman–Crippen MR) is 78.4 cm³/mol. The second-order valence-electron chi connectivity index (χ2n) is 5.60. The van der Waals surface area contributed by atoms with Crippen molar-refractivity contribution in [1.29, 1.82) is 0 Å². The maximum absolute atomic E-state index is 12.7. The van der Waals surface area contributed by atoms with Gasteiger partial charge in [-0.05, 0) is 38.3 Å². The fourth-order valence-electron chi connectivity index (χ4n) is 2.92. The zero-order valence-electron chi connectivity index (χ0n) is 11.7. The average Bonchev–Trinajstić information content (AvgIpc) is 2.91. The highest BCUT2D eigenvalue weighted by atomic mass is 16.2. The zero-order chi connectivity index (χ0) is 14.1. The van der Waals surface area contributed by atoms with Gasteiger partial charge in [-0.1, -0.05) is 18.2 Å². The van der Waals surface area contributed by atoms with Gasteiger partial charge in [0.1, 0.15) is 0 Å². The Kier molecular flexibility index (Phi) is 3.44. The Labute approximate surface area is 118 Å². The number of nitrogens with zero attached hydrogens (tertiary/aromatic N) is 2. The summed E-state index contributed by atoms with van der Waals surface area (Å²) in [4.78, 5) is 14.7. The average molecular weight is 272 g/mol. The van der Waals surface area contributed by atoms with Crippen LogP contribution >= 0.6 is 0 Å². The topological polar surface area (TPSA) is 75.0 Å². The lowest BCUT2D eigenvalue weighted by Gasteiger charge is -2.37. The number of nitrogens with one attached hydrogen (secondary N) is 1. The lowest BCUT2D eigenvalue weighted by atomic mass is 9.93. The number of aromatic amines is 1. The van der Waals surface area contributed by atoms with Crippen molar-refractivity contribution in [1.82, 2.24) is 15.1 Å². The molecule has 2 heterocycles. The normalized spacial score (nSPS) is 23.2. The van der Waals surface area contributed by atoms with E-state index in [0.717, 1.165) is 30.3 Å². The number of benzene rings is 1. The van der Waals surface area contributed by atoms with Gasteiger partial charge >= 0.3 is 0 Å².